The lowest BCUT2D eigenvalue weighted by Crippen LogP contribution is -2.23. The molecule has 1 aromatic rings. The maximum Gasteiger partial charge on any atom is 0.416 e. The highest BCUT2D eigenvalue weighted by Crippen LogP contribution is 2.29. The fourth-order valence-corrected chi connectivity index (χ4v) is 1.45. The Bertz CT molecular complexity index is 351. The van der Waals surface area contributed by atoms with Crippen LogP contribution in [0.2, 0.25) is 0 Å². The van der Waals surface area contributed by atoms with E-state index in [1.165, 1.54) is 12.1 Å². The zero-order chi connectivity index (χ0) is 13.6. The number of halogens is 3. The Labute approximate surface area is 103 Å². The molecule has 0 aromatic heterocycles. The van der Waals surface area contributed by atoms with Gasteiger partial charge in [0.05, 0.1) is 11.7 Å². The van der Waals surface area contributed by atoms with Gasteiger partial charge in [0.25, 0.3) is 0 Å². The van der Waals surface area contributed by atoms with Gasteiger partial charge in [0.2, 0.25) is 0 Å². The molecule has 18 heavy (non-hydrogen) atoms. The summed E-state index contributed by atoms with van der Waals surface area (Å²) in [5.74, 6) is 0. The maximum atomic E-state index is 12.3. The predicted molar refractivity (Wildman–Crippen MR) is 61.0 cm³/mol. The molecule has 0 saturated carbocycles. The molecule has 0 fully saturated rings. The molecule has 1 unspecified atom stereocenters. The predicted octanol–water partition coefficient (Wildman–Crippen LogP) is 1.71. The molecule has 0 aliphatic heterocycles. The number of benzene rings is 1. The topological polar surface area (TPSA) is 52.5 Å². The van der Waals surface area contributed by atoms with E-state index in [9.17, 15) is 18.3 Å². The summed E-state index contributed by atoms with van der Waals surface area (Å²) in [5.41, 5.74) is -0.300. The van der Waals surface area contributed by atoms with Crippen molar-refractivity contribution in [3.63, 3.8) is 0 Å². The molecular weight excluding hydrogens is 247 g/mol. The molecule has 3 N–H and O–H groups in total. The number of aliphatic hydroxyl groups excluding tert-OH is 2. The Morgan fingerprint density at radius 3 is 2.28 bits per heavy atom. The van der Waals surface area contributed by atoms with E-state index in [4.69, 9.17) is 5.11 Å². The van der Waals surface area contributed by atoms with Crippen molar-refractivity contribution < 1.29 is 23.4 Å². The first-order chi connectivity index (χ1) is 8.45. The molecule has 0 bridgehead atoms. The van der Waals surface area contributed by atoms with E-state index in [1.54, 1.807) is 0 Å². The number of hydrogen-bond acceptors (Lipinski definition) is 3. The zero-order valence-corrected chi connectivity index (χ0v) is 9.74. The molecule has 1 aromatic carbocycles. The van der Waals surface area contributed by atoms with E-state index in [1.807, 2.05) is 0 Å². The summed E-state index contributed by atoms with van der Waals surface area (Å²) >= 11 is 0. The van der Waals surface area contributed by atoms with Crippen molar-refractivity contribution in [3.8, 4) is 0 Å². The van der Waals surface area contributed by atoms with Crippen LogP contribution in [-0.2, 0) is 6.18 Å². The monoisotopic (exact) mass is 263 g/mol. The first-order valence-corrected chi connectivity index (χ1v) is 5.62. The van der Waals surface area contributed by atoms with Gasteiger partial charge in [-0.05, 0) is 30.7 Å². The van der Waals surface area contributed by atoms with Gasteiger partial charge in [0.1, 0.15) is 0 Å². The van der Waals surface area contributed by atoms with Gasteiger partial charge in [0.15, 0.2) is 0 Å². The second kappa shape index (κ2) is 6.72. The summed E-state index contributed by atoms with van der Waals surface area (Å²) < 4.78 is 36.9. The Hall–Kier alpha value is -1.11. The lowest BCUT2D eigenvalue weighted by Gasteiger charge is -2.13. The average molecular weight is 263 g/mol. The second-order valence-corrected chi connectivity index (χ2v) is 3.92. The first kappa shape index (κ1) is 14.9. The number of alkyl halides is 3. The summed E-state index contributed by atoms with van der Waals surface area (Å²) in [5, 5.41) is 21.2. The van der Waals surface area contributed by atoms with Gasteiger partial charge in [-0.15, -0.1) is 0 Å². The maximum absolute atomic E-state index is 12.3. The van der Waals surface area contributed by atoms with Crippen LogP contribution in [0.25, 0.3) is 0 Å². The molecule has 0 amide bonds. The van der Waals surface area contributed by atoms with Crippen molar-refractivity contribution in [1.82, 2.24) is 5.32 Å². The third-order valence-corrected chi connectivity index (χ3v) is 2.47. The van der Waals surface area contributed by atoms with Gasteiger partial charge in [-0.1, -0.05) is 12.1 Å². The standard InChI is InChI=1S/C12H16F3NO2/c13-12(14,15)10-4-2-9(3-5-10)11(18)8-16-6-1-7-17/h2-5,11,16-18H,1,6-8H2. The van der Waals surface area contributed by atoms with Crippen molar-refractivity contribution >= 4 is 0 Å². The quantitative estimate of drug-likeness (QED) is 0.685. The van der Waals surface area contributed by atoms with Crippen LogP contribution >= 0.6 is 0 Å². The first-order valence-electron chi connectivity index (χ1n) is 5.62. The molecular formula is C12H16F3NO2. The Morgan fingerprint density at radius 2 is 1.78 bits per heavy atom. The van der Waals surface area contributed by atoms with Gasteiger partial charge in [-0.25, -0.2) is 0 Å². The molecule has 0 aliphatic carbocycles. The van der Waals surface area contributed by atoms with E-state index < -0.39 is 17.8 Å². The summed E-state index contributed by atoms with van der Waals surface area (Å²) in [4.78, 5) is 0. The van der Waals surface area contributed by atoms with Crippen LogP contribution in [0.15, 0.2) is 24.3 Å². The molecule has 6 heteroatoms. The normalized spacial score (nSPS) is 13.6. The van der Waals surface area contributed by atoms with E-state index in [0.29, 0.717) is 18.5 Å². The molecule has 0 saturated heterocycles. The minimum Gasteiger partial charge on any atom is -0.396 e. The van der Waals surface area contributed by atoms with Gasteiger partial charge in [-0.2, -0.15) is 13.2 Å². The highest BCUT2D eigenvalue weighted by molar-refractivity contribution is 5.26. The van der Waals surface area contributed by atoms with Crippen LogP contribution in [0.1, 0.15) is 23.7 Å². The molecule has 1 rings (SSSR count). The summed E-state index contributed by atoms with van der Waals surface area (Å²) in [6.45, 7) is 0.850. The third-order valence-electron chi connectivity index (χ3n) is 2.47. The molecule has 0 aliphatic rings. The van der Waals surface area contributed by atoms with E-state index in [2.05, 4.69) is 5.32 Å². The minimum atomic E-state index is -4.36. The van der Waals surface area contributed by atoms with E-state index >= 15 is 0 Å². The fourth-order valence-electron chi connectivity index (χ4n) is 1.45. The van der Waals surface area contributed by atoms with Crippen molar-refractivity contribution in [2.75, 3.05) is 19.7 Å². The average Bonchev–Trinajstić information content (AvgIpc) is 2.33. The largest absolute Gasteiger partial charge is 0.416 e. The van der Waals surface area contributed by atoms with E-state index in [-0.39, 0.29) is 13.2 Å². The molecule has 0 radical (unpaired) electrons. The van der Waals surface area contributed by atoms with Crippen molar-refractivity contribution in [2.24, 2.45) is 0 Å². The Kier molecular flexibility index (Phi) is 5.58. The smallest absolute Gasteiger partial charge is 0.396 e. The van der Waals surface area contributed by atoms with Gasteiger partial charge >= 0.3 is 6.18 Å². The van der Waals surface area contributed by atoms with Gasteiger partial charge in [-0.3, -0.25) is 0 Å². The third kappa shape index (κ3) is 4.64. The summed E-state index contributed by atoms with van der Waals surface area (Å²) in [6.07, 6.45) is -4.64. The van der Waals surface area contributed by atoms with Crippen LogP contribution < -0.4 is 5.32 Å². The van der Waals surface area contributed by atoms with Crippen molar-refractivity contribution in [2.45, 2.75) is 18.7 Å². The van der Waals surface area contributed by atoms with Gasteiger partial charge in [0, 0.05) is 13.2 Å². The molecule has 0 heterocycles. The lowest BCUT2D eigenvalue weighted by atomic mass is 10.1. The molecule has 102 valence electrons. The number of hydrogen-bond donors (Lipinski definition) is 3. The number of nitrogens with one attached hydrogen (secondary N) is 1. The summed E-state index contributed by atoms with van der Waals surface area (Å²) in [7, 11) is 0. The Balaban J connectivity index is 2.51. The van der Waals surface area contributed by atoms with Gasteiger partial charge < -0.3 is 15.5 Å². The fraction of sp³-hybridized carbons (Fsp3) is 0.500. The lowest BCUT2D eigenvalue weighted by molar-refractivity contribution is -0.137. The van der Waals surface area contributed by atoms with Crippen molar-refractivity contribution in [3.05, 3.63) is 35.4 Å². The minimum absolute atomic E-state index is 0.0589. The highest BCUT2D eigenvalue weighted by Gasteiger charge is 2.30. The summed E-state index contributed by atoms with van der Waals surface area (Å²) in [6, 6.07) is 4.43. The van der Waals surface area contributed by atoms with Crippen LogP contribution in [0.3, 0.4) is 0 Å². The SMILES string of the molecule is OCCCNCC(O)c1ccc(C(F)(F)F)cc1. The van der Waals surface area contributed by atoms with Crippen LogP contribution in [0.4, 0.5) is 13.2 Å². The molecule has 0 spiro atoms. The molecule has 3 nitrogen and oxygen atoms in total. The zero-order valence-electron chi connectivity index (χ0n) is 9.74. The second-order valence-electron chi connectivity index (χ2n) is 3.92. The number of aliphatic hydroxyl groups is 2. The van der Waals surface area contributed by atoms with E-state index in [0.717, 1.165) is 12.1 Å². The Morgan fingerprint density at radius 1 is 1.17 bits per heavy atom. The molecule has 1 atom stereocenters. The highest BCUT2D eigenvalue weighted by atomic mass is 19.4. The van der Waals surface area contributed by atoms with Crippen LogP contribution in [-0.4, -0.2) is 29.9 Å². The van der Waals surface area contributed by atoms with Crippen LogP contribution in [0, 0.1) is 0 Å². The van der Waals surface area contributed by atoms with Crippen molar-refractivity contribution in [1.29, 1.82) is 0 Å². The number of rotatable bonds is 6. The van der Waals surface area contributed by atoms with Crippen LogP contribution in [0.5, 0.6) is 0 Å².